The molecule has 0 radical (unpaired) electrons. The Hall–Kier alpha value is -1.06. The molecule has 0 fully saturated rings. The zero-order chi connectivity index (χ0) is 11.6. The normalized spacial score (nSPS) is 11.9. The molecule has 0 amide bonds. The standard InChI is InChI=1S/C13H17NOS/c1-13(2,15)6-7-14-11-3-4-12-10(9-11)5-8-16-12/h3-5,8-9,14-15H,6-7H2,1-2H3. The van der Waals surface area contributed by atoms with Crippen LogP contribution >= 0.6 is 11.3 Å². The molecular formula is C13H17NOS. The molecule has 2 rings (SSSR count). The van der Waals surface area contributed by atoms with Gasteiger partial charge in [0.05, 0.1) is 5.60 Å². The molecule has 0 unspecified atom stereocenters. The summed E-state index contributed by atoms with van der Waals surface area (Å²) in [6.07, 6.45) is 0.745. The fourth-order valence-corrected chi connectivity index (χ4v) is 2.36. The first-order valence-corrected chi connectivity index (χ1v) is 6.36. The van der Waals surface area contributed by atoms with Gasteiger partial charge < -0.3 is 10.4 Å². The van der Waals surface area contributed by atoms with Crippen molar-refractivity contribution in [2.75, 3.05) is 11.9 Å². The van der Waals surface area contributed by atoms with E-state index in [1.807, 2.05) is 13.8 Å². The van der Waals surface area contributed by atoms with Crippen LogP contribution in [0.2, 0.25) is 0 Å². The lowest BCUT2D eigenvalue weighted by molar-refractivity contribution is 0.0749. The van der Waals surface area contributed by atoms with E-state index in [2.05, 4.69) is 35.0 Å². The molecule has 0 saturated carbocycles. The van der Waals surface area contributed by atoms with Crippen molar-refractivity contribution in [1.29, 1.82) is 0 Å². The van der Waals surface area contributed by atoms with Crippen molar-refractivity contribution >= 4 is 27.1 Å². The van der Waals surface area contributed by atoms with Gasteiger partial charge in [0, 0.05) is 16.9 Å². The van der Waals surface area contributed by atoms with Crippen LogP contribution in [-0.2, 0) is 0 Å². The van der Waals surface area contributed by atoms with Crippen LogP contribution in [-0.4, -0.2) is 17.3 Å². The molecule has 0 aliphatic rings. The average Bonchev–Trinajstić information content (AvgIpc) is 2.62. The molecule has 1 aromatic carbocycles. The highest BCUT2D eigenvalue weighted by molar-refractivity contribution is 7.17. The van der Waals surface area contributed by atoms with Gasteiger partial charge in [-0.25, -0.2) is 0 Å². The van der Waals surface area contributed by atoms with Crippen LogP contribution in [0.1, 0.15) is 20.3 Å². The maximum Gasteiger partial charge on any atom is 0.0608 e. The molecule has 0 bridgehead atoms. The van der Waals surface area contributed by atoms with Gasteiger partial charge in [0.25, 0.3) is 0 Å². The summed E-state index contributed by atoms with van der Waals surface area (Å²) >= 11 is 1.76. The molecule has 0 atom stereocenters. The maximum atomic E-state index is 9.60. The zero-order valence-corrected chi connectivity index (χ0v) is 10.5. The molecule has 2 aromatic rings. The maximum absolute atomic E-state index is 9.60. The molecule has 2 N–H and O–H groups in total. The van der Waals surface area contributed by atoms with Crippen molar-refractivity contribution in [1.82, 2.24) is 0 Å². The fraction of sp³-hybridized carbons (Fsp3) is 0.385. The SMILES string of the molecule is CC(C)(O)CCNc1ccc2sccc2c1. The van der Waals surface area contributed by atoms with Crippen LogP contribution in [0.15, 0.2) is 29.6 Å². The van der Waals surface area contributed by atoms with Gasteiger partial charge in [-0.1, -0.05) is 0 Å². The van der Waals surface area contributed by atoms with E-state index in [0.29, 0.717) is 0 Å². The molecule has 0 saturated heterocycles. The monoisotopic (exact) mass is 235 g/mol. The molecular weight excluding hydrogens is 218 g/mol. The van der Waals surface area contributed by atoms with Crippen LogP contribution in [0.3, 0.4) is 0 Å². The van der Waals surface area contributed by atoms with E-state index in [1.54, 1.807) is 11.3 Å². The number of anilines is 1. The zero-order valence-electron chi connectivity index (χ0n) is 9.66. The third kappa shape index (κ3) is 2.97. The van der Waals surface area contributed by atoms with Crippen LogP contribution in [0.5, 0.6) is 0 Å². The van der Waals surface area contributed by atoms with Crippen LogP contribution in [0, 0.1) is 0 Å². The summed E-state index contributed by atoms with van der Waals surface area (Å²) in [5, 5.41) is 16.3. The third-order valence-corrected chi connectivity index (χ3v) is 3.42. The first-order valence-electron chi connectivity index (χ1n) is 5.48. The average molecular weight is 235 g/mol. The Labute approximate surface area is 99.9 Å². The predicted octanol–water partition coefficient (Wildman–Crippen LogP) is 3.47. The smallest absolute Gasteiger partial charge is 0.0608 e. The first-order chi connectivity index (χ1) is 7.54. The van der Waals surface area contributed by atoms with Gasteiger partial charge in [-0.05, 0) is 55.3 Å². The number of benzene rings is 1. The van der Waals surface area contributed by atoms with Gasteiger partial charge in [0.15, 0.2) is 0 Å². The number of fused-ring (bicyclic) bond motifs is 1. The first kappa shape index (κ1) is 11.4. The van der Waals surface area contributed by atoms with E-state index in [0.717, 1.165) is 18.7 Å². The van der Waals surface area contributed by atoms with Crippen molar-refractivity contribution in [2.45, 2.75) is 25.9 Å². The number of hydrogen-bond donors (Lipinski definition) is 2. The lowest BCUT2D eigenvalue weighted by Gasteiger charge is -2.17. The van der Waals surface area contributed by atoms with E-state index < -0.39 is 5.60 Å². The Morgan fingerprint density at radius 2 is 2.12 bits per heavy atom. The highest BCUT2D eigenvalue weighted by Crippen LogP contribution is 2.24. The molecule has 0 spiro atoms. The number of rotatable bonds is 4. The summed E-state index contributed by atoms with van der Waals surface area (Å²) in [6.45, 7) is 4.45. The number of nitrogens with one attached hydrogen (secondary N) is 1. The van der Waals surface area contributed by atoms with E-state index in [1.165, 1.54) is 10.1 Å². The summed E-state index contributed by atoms with van der Waals surface area (Å²) in [5.41, 5.74) is 0.523. The minimum absolute atomic E-state index is 0.598. The van der Waals surface area contributed by atoms with Crippen LogP contribution in [0.4, 0.5) is 5.69 Å². The van der Waals surface area contributed by atoms with Crippen molar-refractivity contribution in [2.24, 2.45) is 0 Å². The minimum atomic E-state index is -0.598. The number of hydrogen-bond acceptors (Lipinski definition) is 3. The molecule has 3 heteroatoms. The van der Waals surface area contributed by atoms with Crippen molar-refractivity contribution < 1.29 is 5.11 Å². The van der Waals surface area contributed by atoms with Gasteiger partial charge in [-0.3, -0.25) is 0 Å². The van der Waals surface area contributed by atoms with Gasteiger partial charge >= 0.3 is 0 Å². The summed E-state index contributed by atoms with van der Waals surface area (Å²) in [4.78, 5) is 0. The van der Waals surface area contributed by atoms with Gasteiger partial charge in [0.2, 0.25) is 0 Å². The number of aliphatic hydroxyl groups is 1. The second-order valence-electron chi connectivity index (χ2n) is 4.66. The summed E-state index contributed by atoms with van der Waals surface area (Å²) < 4.78 is 1.31. The molecule has 0 aliphatic carbocycles. The Morgan fingerprint density at radius 1 is 1.31 bits per heavy atom. The Morgan fingerprint density at radius 3 is 2.88 bits per heavy atom. The summed E-state index contributed by atoms with van der Waals surface area (Å²) in [5.74, 6) is 0. The second kappa shape index (κ2) is 4.44. The third-order valence-electron chi connectivity index (χ3n) is 2.52. The summed E-state index contributed by atoms with van der Waals surface area (Å²) in [6, 6.07) is 8.49. The van der Waals surface area contributed by atoms with Crippen LogP contribution < -0.4 is 5.32 Å². The minimum Gasteiger partial charge on any atom is -0.390 e. The topological polar surface area (TPSA) is 32.3 Å². The van der Waals surface area contributed by atoms with Gasteiger partial charge in [-0.2, -0.15) is 0 Å². The quantitative estimate of drug-likeness (QED) is 0.850. The Balaban J connectivity index is 1.99. The lowest BCUT2D eigenvalue weighted by Crippen LogP contribution is -2.22. The Kier molecular flexibility index (Phi) is 3.17. The predicted molar refractivity (Wildman–Crippen MR) is 71.2 cm³/mol. The van der Waals surface area contributed by atoms with Gasteiger partial charge in [-0.15, -0.1) is 11.3 Å². The van der Waals surface area contributed by atoms with Crippen molar-refractivity contribution in [3.8, 4) is 0 Å². The van der Waals surface area contributed by atoms with E-state index in [-0.39, 0.29) is 0 Å². The molecule has 0 aliphatic heterocycles. The second-order valence-corrected chi connectivity index (χ2v) is 5.61. The molecule has 1 aromatic heterocycles. The highest BCUT2D eigenvalue weighted by Gasteiger charge is 2.11. The van der Waals surface area contributed by atoms with Crippen molar-refractivity contribution in [3.63, 3.8) is 0 Å². The highest BCUT2D eigenvalue weighted by atomic mass is 32.1. The fourth-order valence-electron chi connectivity index (χ4n) is 1.59. The van der Waals surface area contributed by atoms with E-state index in [9.17, 15) is 5.11 Å². The number of thiophene rings is 1. The Bertz CT molecular complexity index is 470. The van der Waals surface area contributed by atoms with Crippen LogP contribution in [0.25, 0.3) is 10.1 Å². The molecule has 2 nitrogen and oxygen atoms in total. The summed E-state index contributed by atoms with van der Waals surface area (Å²) in [7, 11) is 0. The molecule has 86 valence electrons. The largest absolute Gasteiger partial charge is 0.390 e. The van der Waals surface area contributed by atoms with E-state index in [4.69, 9.17) is 0 Å². The lowest BCUT2D eigenvalue weighted by atomic mass is 10.1. The molecule has 16 heavy (non-hydrogen) atoms. The molecule has 1 heterocycles. The van der Waals surface area contributed by atoms with Gasteiger partial charge in [0.1, 0.15) is 0 Å². The van der Waals surface area contributed by atoms with E-state index >= 15 is 0 Å². The van der Waals surface area contributed by atoms with Crippen molar-refractivity contribution in [3.05, 3.63) is 29.6 Å².